The summed E-state index contributed by atoms with van der Waals surface area (Å²) in [6, 6.07) is 7.53. The molecule has 0 heterocycles. The van der Waals surface area contributed by atoms with Crippen molar-refractivity contribution < 1.29 is 0 Å². The number of rotatable bonds is 6. The van der Waals surface area contributed by atoms with Crippen LogP contribution in [0, 0.1) is 29.6 Å². The average molecular weight is 381 g/mol. The zero-order valence-electron chi connectivity index (χ0n) is 18.7. The maximum Gasteiger partial charge on any atom is -0.0248 e. The van der Waals surface area contributed by atoms with Gasteiger partial charge in [0.1, 0.15) is 0 Å². The molecule has 2 fully saturated rings. The van der Waals surface area contributed by atoms with E-state index in [0.717, 1.165) is 29.6 Å². The molecule has 3 aliphatic rings. The van der Waals surface area contributed by atoms with Crippen molar-refractivity contribution in [2.75, 3.05) is 0 Å². The third kappa shape index (κ3) is 5.22. The van der Waals surface area contributed by atoms with Crippen LogP contribution >= 0.6 is 0 Å². The Balaban J connectivity index is 1.22. The molecule has 0 bridgehead atoms. The van der Waals surface area contributed by atoms with E-state index in [1.807, 2.05) is 0 Å². The standard InChI is InChI=1S/C28H44/c1-3-21-5-7-23(8-6-21)17-24-9-11-25(12-10-24)18-26-14-16-27-19-22(4-2)13-15-28(27)20-26/h14,16,20-25H,3-13,15,17-19H2,1-2H3. The molecule has 0 aromatic heterocycles. The lowest BCUT2D eigenvalue weighted by atomic mass is 9.72. The van der Waals surface area contributed by atoms with E-state index in [1.54, 1.807) is 23.1 Å². The third-order valence-electron chi connectivity index (χ3n) is 8.88. The molecule has 0 aliphatic heterocycles. The maximum atomic E-state index is 2.58. The molecular formula is C28H44. The van der Waals surface area contributed by atoms with Gasteiger partial charge in [-0.05, 0) is 91.2 Å². The molecular weight excluding hydrogens is 336 g/mol. The van der Waals surface area contributed by atoms with Gasteiger partial charge in [0.2, 0.25) is 0 Å². The van der Waals surface area contributed by atoms with Crippen LogP contribution in [0.25, 0.3) is 0 Å². The summed E-state index contributed by atoms with van der Waals surface area (Å²) in [5, 5.41) is 0. The summed E-state index contributed by atoms with van der Waals surface area (Å²) < 4.78 is 0. The van der Waals surface area contributed by atoms with Crippen molar-refractivity contribution in [1.82, 2.24) is 0 Å². The first-order valence-corrected chi connectivity index (χ1v) is 12.8. The van der Waals surface area contributed by atoms with Gasteiger partial charge in [0, 0.05) is 0 Å². The number of hydrogen-bond acceptors (Lipinski definition) is 0. The number of benzene rings is 1. The molecule has 0 N–H and O–H groups in total. The summed E-state index contributed by atoms with van der Waals surface area (Å²) in [5.41, 5.74) is 4.97. The number of fused-ring (bicyclic) bond motifs is 1. The predicted molar refractivity (Wildman–Crippen MR) is 122 cm³/mol. The second kappa shape index (κ2) is 9.82. The predicted octanol–water partition coefficient (Wildman–Crippen LogP) is 8.16. The fourth-order valence-electron chi connectivity index (χ4n) is 6.71. The van der Waals surface area contributed by atoms with E-state index in [1.165, 1.54) is 89.9 Å². The van der Waals surface area contributed by atoms with Crippen molar-refractivity contribution in [1.29, 1.82) is 0 Å². The summed E-state index contributed by atoms with van der Waals surface area (Å²) in [6.45, 7) is 4.74. The summed E-state index contributed by atoms with van der Waals surface area (Å²) in [5.74, 6) is 5.06. The largest absolute Gasteiger partial charge is 0.0651 e. The summed E-state index contributed by atoms with van der Waals surface area (Å²) >= 11 is 0. The molecule has 1 aromatic rings. The van der Waals surface area contributed by atoms with Gasteiger partial charge in [-0.2, -0.15) is 0 Å². The molecule has 3 aliphatic carbocycles. The van der Waals surface area contributed by atoms with E-state index in [-0.39, 0.29) is 0 Å². The van der Waals surface area contributed by atoms with Crippen molar-refractivity contribution in [3.63, 3.8) is 0 Å². The van der Waals surface area contributed by atoms with Gasteiger partial charge in [-0.15, -0.1) is 0 Å². The lowest BCUT2D eigenvalue weighted by Crippen LogP contribution is -2.21. The van der Waals surface area contributed by atoms with Crippen LogP contribution in [0.5, 0.6) is 0 Å². The Morgan fingerprint density at radius 1 is 0.643 bits per heavy atom. The second-order valence-electron chi connectivity index (χ2n) is 10.7. The van der Waals surface area contributed by atoms with Gasteiger partial charge in [0.05, 0.1) is 0 Å². The molecule has 0 heteroatoms. The highest BCUT2D eigenvalue weighted by molar-refractivity contribution is 5.34. The third-order valence-corrected chi connectivity index (χ3v) is 8.88. The highest BCUT2D eigenvalue weighted by Gasteiger charge is 2.27. The van der Waals surface area contributed by atoms with Gasteiger partial charge in [-0.1, -0.05) is 83.4 Å². The quantitative estimate of drug-likeness (QED) is 0.467. The number of aryl methyl sites for hydroxylation is 1. The molecule has 0 amide bonds. The molecule has 1 aromatic carbocycles. The fourth-order valence-corrected chi connectivity index (χ4v) is 6.71. The molecule has 1 atom stereocenters. The van der Waals surface area contributed by atoms with E-state index < -0.39 is 0 Å². The lowest BCUT2D eigenvalue weighted by Gasteiger charge is -2.34. The Labute approximate surface area is 174 Å². The highest BCUT2D eigenvalue weighted by atomic mass is 14.3. The molecule has 28 heavy (non-hydrogen) atoms. The molecule has 0 spiro atoms. The van der Waals surface area contributed by atoms with Crippen molar-refractivity contribution >= 4 is 0 Å². The summed E-state index contributed by atoms with van der Waals surface area (Å²) in [6.07, 6.45) is 21.9. The molecule has 1 unspecified atom stereocenters. The monoisotopic (exact) mass is 380 g/mol. The SMILES string of the molecule is CCC1CCC(CC2CCC(Cc3ccc4c(c3)CCC(CC)C4)CC2)CC1. The molecule has 2 saturated carbocycles. The molecule has 4 rings (SSSR count). The van der Waals surface area contributed by atoms with Crippen LogP contribution < -0.4 is 0 Å². The zero-order valence-corrected chi connectivity index (χ0v) is 18.7. The first-order valence-electron chi connectivity index (χ1n) is 12.8. The van der Waals surface area contributed by atoms with Crippen molar-refractivity contribution in [2.45, 2.75) is 110 Å². The maximum absolute atomic E-state index is 2.58. The van der Waals surface area contributed by atoms with Crippen molar-refractivity contribution in [3.8, 4) is 0 Å². The van der Waals surface area contributed by atoms with Gasteiger partial charge >= 0.3 is 0 Å². The minimum absolute atomic E-state index is 0.936. The summed E-state index contributed by atoms with van der Waals surface area (Å²) in [7, 11) is 0. The number of hydrogen-bond donors (Lipinski definition) is 0. The fraction of sp³-hybridized carbons (Fsp3) is 0.786. The minimum Gasteiger partial charge on any atom is -0.0651 e. The minimum atomic E-state index is 0.936. The molecule has 0 radical (unpaired) electrons. The van der Waals surface area contributed by atoms with Crippen LogP contribution in [0.15, 0.2) is 18.2 Å². The van der Waals surface area contributed by atoms with Gasteiger partial charge in [-0.25, -0.2) is 0 Å². The Kier molecular flexibility index (Phi) is 7.18. The molecule has 0 saturated heterocycles. The lowest BCUT2D eigenvalue weighted by molar-refractivity contribution is 0.189. The highest BCUT2D eigenvalue weighted by Crippen LogP contribution is 2.40. The normalized spacial score (nSPS) is 33.4. The van der Waals surface area contributed by atoms with Crippen molar-refractivity contribution in [3.05, 3.63) is 34.9 Å². The first-order chi connectivity index (χ1) is 13.7. The Morgan fingerprint density at radius 2 is 1.25 bits per heavy atom. The first kappa shape index (κ1) is 20.5. The van der Waals surface area contributed by atoms with Crippen LogP contribution in [0.4, 0.5) is 0 Å². The van der Waals surface area contributed by atoms with Crippen LogP contribution in [-0.2, 0) is 19.3 Å². The van der Waals surface area contributed by atoms with E-state index in [9.17, 15) is 0 Å². The van der Waals surface area contributed by atoms with E-state index in [4.69, 9.17) is 0 Å². The van der Waals surface area contributed by atoms with Crippen LogP contribution in [0.1, 0.15) is 108 Å². The van der Waals surface area contributed by atoms with Gasteiger partial charge < -0.3 is 0 Å². The van der Waals surface area contributed by atoms with Crippen molar-refractivity contribution in [2.24, 2.45) is 29.6 Å². The van der Waals surface area contributed by atoms with E-state index in [2.05, 4.69) is 32.0 Å². The summed E-state index contributed by atoms with van der Waals surface area (Å²) in [4.78, 5) is 0. The van der Waals surface area contributed by atoms with Gasteiger partial charge in [-0.3, -0.25) is 0 Å². The van der Waals surface area contributed by atoms with Crippen LogP contribution in [-0.4, -0.2) is 0 Å². The topological polar surface area (TPSA) is 0 Å². The van der Waals surface area contributed by atoms with Gasteiger partial charge in [0.25, 0.3) is 0 Å². The van der Waals surface area contributed by atoms with Crippen LogP contribution in [0.2, 0.25) is 0 Å². The Morgan fingerprint density at radius 3 is 1.89 bits per heavy atom. The van der Waals surface area contributed by atoms with E-state index in [0.29, 0.717) is 0 Å². The van der Waals surface area contributed by atoms with Crippen LogP contribution in [0.3, 0.4) is 0 Å². The van der Waals surface area contributed by atoms with E-state index >= 15 is 0 Å². The average Bonchev–Trinajstić information content (AvgIpc) is 2.75. The molecule has 156 valence electrons. The Hall–Kier alpha value is -0.780. The Bertz CT molecular complexity index is 598. The van der Waals surface area contributed by atoms with Gasteiger partial charge in [0.15, 0.2) is 0 Å². The smallest absolute Gasteiger partial charge is 0.0248 e. The zero-order chi connectivity index (χ0) is 19.3. The molecule has 0 nitrogen and oxygen atoms in total. The second-order valence-corrected chi connectivity index (χ2v) is 10.7.